The molecule has 2 aromatic rings. The van der Waals surface area contributed by atoms with Gasteiger partial charge in [-0.2, -0.15) is 0 Å². The van der Waals surface area contributed by atoms with Crippen molar-refractivity contribution < 1.29 is 4.65 Å². The summed E-state index contributed by atoms with van der Waals surface area (Å²) in [4.78, 5) is 0. The molecule has 12 heteroatoms. The first-order valence-electron chi connectivity index (χ1n) is 7.41. The lowest BCUT2D eigenvalue weighted by Crippen LogP contribution is -2.51. The predicted molar refractivity (Wildman–Crippen MR) is 156 cm³/mol. The minimum Gasteiger partial charge on any atom is -0.422 e. The molecule has 0 aromatic heterocycles. The van der Waals surface area contributed by atoms with E-state index in [1.807, 2.05) is 20.8 Å². The Hall–Kier alpha value is 3.26. The summed E-state index contributed by atoms with van der Waals surface area (Å²) in [5, 5.41) is 0. The van der Waals surface area contributed by atoms with Gasteiger partial charge < -0.3 is 4.65 Å². The maximum Gasteiger partial charge on any atom is 0.366 e. The highest BCUT2D eigenvalue weighted by Crippen LogP contribution is 2.43. The number of rotatable bonds is 3. The normalized spacial score (nSPS) is 11.9. The van der Waals surface area contributed by atoms with Crippen molar-refractivity contribution in [2.75, 3.05) is 0 Å². The molecule has 0 spiro atoms. The second-order valence-electron chi connectivity index (χ2n) is 6.58. The van der Waals surface area contributed by atoms with Crippen LogP contribution in [0.2, 0.25) is 0 Å². The second-order valence-corrected chi connectivity index (χ2v) is 14.5. The number of hydrogen-bond acceptors (Lipinski definition) is 1. The van der Waals surface area contributed by atoms with Gasteiger partial charge in [-0.3, -0.25) is 0 Å². The Bertz CT molecular complexity index is 826. The summed E-state index contributed by atoms with van der Waals surface area (Å²) in [5.41, 5.74) is 1.49. The Morgan fingerprint density at radius 3 is 0.893 bits per heavy atom. The van der Waals surface area contributed by atoms with E-state index in [0.29, 0.717) is 0 Å². The van der Waals surface area contributed by atoms with Crippen LogP contribution in [0.1, 0.15) is 20.8 Å². The topological polar surface area (TPSA) is 9.23 Å². The zero-order chi connectivity index (χ0) is 21.7. The fourth-order valence-electron chi connectivity index (χ4n) is 2.32. The molecule has 0 saturated carbocycles. The van der Waals surface area contributed by atoms with Gasteiger partial charge in [-0.15, -0.1) is 0 Å². The van der Waals surface area contributed by atoms with Crippen LogP contribution in [0, 0.1) is 0 Å². The van der Waals surface area contributed by atoms with Gasteiger partial charge in [0.1, 0.15) is 0 Å². The number of hydrogen-bond donors (Lipinski definition) is 0. The van der Waals surface area contributed by atoms with Crippen molar-refractivity contribution in [3.8, 4) is 0 Å². The molecule has 0 bridgehead atoms. The molecular formula is C16H9BBr10O. The van der Waals surface area contributed by atoms with Gasteiger partial charge in [-0.05, 0) is 191 Å². The van der Waals surface area contributed by atoms with Crippen molar-refractivity contribution in [1.82, 2.24) is 0 Å². The summed E-state index contributed by atoms with van der Waals surface area (Å²) in [6, 6.07) is 0. The van der Waals surface area contributed by atoms with Crippen LogP contribution in [-0.4, -0.2) is 12.5 Å². The largest absolute Gasteiger partial charge is 0.422 e. The molecule has 0 atom stereocenters. The average molecular weight is 1030 g/mol. The monoisotopic (exact) mass is 1020 g/mol. The molecule has 28 heavy (non-hydrogen) atoms. The maximum absolute atomic E-state index is 6.60. The summed E-state index contributed by atoms with van der Waals surface area (Å²) >= 11 is 36.9. The average Bonchev–Trinajstić information content (AvgIpc) is 2.60. The Morgan fingerprint density at radius 1 is 0.464 bits per heavy atom. The molecule has 1 nitrogen and oxygen atoms in total. The van der Waals surface area contributed by atoms with Crippen LogP contribution >= 0.6 is 159 Å². The van der Waals surface area contributed by atoms with E-state index < -0.39 is 12.5 Å². The fourth-order valence-corrected chi connectivity index (χ4v) is 9.31. The van der Waals surface area contributed by atoms with Crippen LogP contribution in [0.15, 0.2) is 44.7 Å². The Balaban J connectivity index is 2.97. The van der Waals surface area contributed by atoms with Crippen LogP contribution < -0.4 is 10.9 Å². The van der Waals surface area contributed by atoms with E-state index in [0.717, 1.165) is 55.7 Å². The molecule has 0 unspecified atom stereocenters. The molecule has 0 radical (unpaired) electrons. The molecule has 0 saturated heterocycles. The highest BCUT2D eigenvalue weighted by molar-refractivity contribution is 9.16. The molecule has 0 aliphatic heterocycles. The van der Waals surface area contributed by atoms with E-state index in [1.165, 1.54) is 0 Å². The minimum atomic E-state index is -0.408. The second kappa shape index (κ2) is 10.7. The van der Waals surface area contributed by atoms with Gasteiger partial charge >= 0.3 is 6.92 Å². The van der Waals surface area contributed by atoms with Gasteiger partial charge in [0, 0.05) is 50.3 Å². The van der Waals surface area contributed by atoms with Gasteiger partial charge in [0.05, 0.1) is 0 Å². The summed E-state index contributed by atoms with van der Waals surface area (Å²) in [7, 11) is 0. The van der Waals surface area contributed by atoms with Crippen molar-refractivity contribution >= 4 is 177 Å². The third-order valence-electron chi connectivity index (χ3n) is 3.48. The van der Waals surface area contributed by atoms with Gasteiger partial charge in [0.25, 0.3) is 0 Å². The molecule has 0 heterocycles. The Morgan fingerprint density at radius 2 is 0.679 bits per heavy atom. The van der Waals surface area contributed by atoms with Crippen LogP contribution in [0.5, 0.6) is 0 Å². The molecule has 0 N–H and O–H groups in total. The lowest BCUT2D eigenvalue weighted by molar-refractivity contribution is 0.136. The molecule has 2 rings (SSSR count). The van der Waals surface area contributed by atoms with Crippen LogP contribution in [0.4, 0.5) is 0 Å². The van der Waals surface area contributed by atoms with E-state index in [-0.39, 0.29) is 0 Å². The van der Waals surface area contributed by atoms with Crippen LogP contribution in [0.3, 0.4) is 0 Å². The van der Waals surface area contributed by atoms with Crippen molar-refractivity contribution in [2.45, 2.75) is 26.4 Å². The van der Waals surface area contributed by atoms with E-state index in [4.69, 9.17) is 4.65 Å². The first kappa shape index (κ1) is 27.5. The number of benzene rings is 2. The van der Waals surface area contributed by atoms with Crippen LogP contribution in [0.25, 0.3) is 0 Å². The third kappa shape index (κ3) is 5.66. The smallest absolute Gasteiger partial charge is 0.366 e. The van der Waals surface area contributed by atoms with E-state index >= 15 is 0 Å². The van der Waals surface area contributed by atoms with E-state index in [9.17, 15) is 0 Å². The molecule has 0 aliphatic rings. The standard InChI is InChI=1S/C16H9BBr10O/c1-16(2,3)28-17(4-6(18)10(22)14(26)11(23)7(4)19)5-8(20)12(24)15(27)13(25)9(5)21/h1-3H3. The summed E-state index contributed by atoms with van der Waals surface area (Å²) in [5.74, 6) is 0. The maximum atomic E-state index is 6.60. The Labute approximate surface area is 249 Å². The van der Waals surface area contributed by atoms with Crippen molar-refractivity contribution in [2.24, 2.45) is 0 Å². The third-order valence-corrected chi connectivity index (χ3v) is 15.8. The summed E-state index contributed by atoms with van der Waals surface area (Å²) in [6.07, 6.45) is 0. The van der Waals surface area contributed by atoms with E-state index in [1.54, 1.807) is 0 Å². The number of halogens is 10. The highest BCUT2D eigenvalue weighted by atomic mass is 79.9. The first-order chi connectivity index (χ1) is 12.7. The zero-order valence-electron chi connectivity index (χ0n) is 14.3. The predicted octanol–water partition coefficient (Wildman–Crippen LogP) is 10.2. The van der Waals surface area contributed by atoms with Gasteiger partial charge in [-0.1, -0.05) is 0 Å². The molecule has 0 amide bonds. The summed E-state index contributed by atoms with van der Waals surface area (Å²) < 4.78 is 15.5. The lowest BCUT2D eigenvalue weighted by atomic mass is 9.55. The zero-order valence-corrected chi connectivity index (χ0v) is 30.1. The quantitative estimate of drug-likeness (QED) is 0.169. The van der Waals surface area contributed by atoms with Crippen LogP contribution in [-0.2, 0) is 4.65 Å². The van der Waals surface area contributed by atoms with Gasteiger partial charge in [-0.25, -0.2) is 0 Å². The first-order valence-corrected chi connectivity index (χ1v) is 15.3. The van der Waals surface area contributed by atoms with Crippen molar-refractivity contribution in [1.29, 1.82) is 0 Å². The van der Waals surface area contributed by atoms with Gasteiger partial charge in [0.2, 0.25) is 0 Å². The molecule has 2 aromatic carbocycles. The van der Waals surface area contributed by atoms with Crippen molar-refractivity contribution in [3.05, 3.63) is 44.7 Å². The fraction of sp³-hybridized carbons (Fsp3) is 0.250. The highest BCUT2D eigenvalue weighted by Gasteiger charge is 2.37. The molecule has 152 valence electrons. The lowest BCUT2D eigenvalue weighted by Gasteiger charge is -2.30. The minimum absolute atomic E-state index is 0.402. The van der Waals surface area contributed by atoms with Crippen molar-refractivity contribution in [3.63, 3.8) is 0 Å². The van der Waals surface area contributed by atoms with Gasteiger partial charge in [0.15, 0.2) is 0 Å². The summed E-state index contributed by atoms with van der Waals surface area (Å²) in [6.45, 7) is 5.70. The molecule has 0 fully saturated rings. The van der Waals surface area contributed by atoms with E-state index in [2.05, 4.69) is 159 Å². The Kier molecular flexibility index (Phi) is 10.5. The molecule has 0 aliphatic carbocycles. The molecular weight excluding hydrogens is 1020 g/mol. The SMILES string of the molecule is CC(C)(C)OB(c1c(Br)c(Br)c(Br)c(Br)c1Br)c1c(Br)c(Br)c(Br)c(Br)c1Br.